The van der Waals surface area contributed by atoms with Gasteiger partial charge >= 0.3 is 0 Å². The summed E-state index contributed by atoms with van der Waals surface area (Å²) in [7, 11) is 0. The summed E-state index contributed by atoms with van der Waals surface area (Å²) in [4.78, 5) is 30.1. The molecule has 266 valence electrons. The van der Waals surface area contributed by atoms with E-state index in [-0.39, 0.29) is 0 Å². The first-order valence-electron chi connectivity index (χ1n) is 18.3. The van der Waals surface area contributed by atoms with Crippen molar-refractivity contribution in [3.05, 3.63) is 215 Å². The molecule has 53 heavy (non-hydrogen) atoms. The van der Waals surface area contributed by atoms with Crippen LogP contribution in [0.5, 0.6) is 0 Å². The quantitative estimate of drug-likeness (QED) is 0.0970. The third-order valence-electron chi connectivity index (χ3n) is 10.8. The van der Waals surface area contributed by atoms with Gasteiger partial charge in [-0.05, 0) is 46.2 Å². The molecule has 0 spiro atoms. The van der Waals surface area contributed by atoms with Gasteiger partial charge < -0.3 is 20.8 Å². The molecule has 2 atom stereocenters. The van der Waals surface area contributed by atoms with Crippen LogP contribution in [0.1, 0.15) is 71.1 Å². The summed E-state index contributed by atoms with van der Waals surface area (Å²) in [6.07, 6.45) is 1.99. The molecule has 0 heterocycles. The Kier molecular flexibility index (Phi) is 10.4. The molecule has 4 N–H and O–H groups in total. The van der Waals surface area contributed by atoms with Gasteiger partial charge in [-0.15, -0.1) is 0 Å². The van der Waals surface area contributed by atoms with Crippen LogP contribution in [0.3, 0.4) is 0 Å². The van der Waals surface area contributed by atoms with Crippen LogP contribution < -0.4 is 10.6 Å². The minimum atomic E-state index is -1.69. The first kappa shape index (κ1) is 35.6. The van der Waals surface area contributed by atoms with Crippen molar-refractivity contribution < 1.29 is 19.8 Å². The second-order valence-corrected chi connectivity index (χ2v) is 13.9. The number of carbonyl (C=O) groups excluding carboxylic acids is 2. The van der Waals surface area contributed by atoms with Crippen LogP contribution in [0.15, 0.2) is 182 Å². The zero-order valence-electron chi connectivity index (χ0n) is 29.5. The van der Waals surface area contributed by atoms with Gasteiger partial charge in [-0.2, -0.15) is 0 Å². The fraction of sp³-hybridized carbons (Fsp3) is 0.191. The minimum Gasteiger partial charge on any atom is -0.378 e. The molecule has 6 aromatic carbocycles. The highest BCUT2D eigenvalue weighted by Crippen LogP contribution is 2.46. The summed E-state index contributed by atoms with van der Waals surface area (Å²) >= 11 is 0. The summed E-state index contributed by atoms with van der Waals surface area (Å²) in [5, 5.41) is 32.4. The Balaban J connectivity index is 1.32. The average Bonchev–Trinajstić information content (AvgIpc) is 3.75. The number of rotatable bonds is 12. The highest BCUT2D eigenvalue weighted by Gasteiger charge is 2.53. The van der Waals surface area contributed by atoms with Gasteiger partial charge in [0, 0.05) is 0 Å². The summed E-state index contributed by atoms with van der Waals surface area (Å²) in [6.45, 7) is 0. The molecule has 1 fully saturated rings. The molecule has 0 unspecified atom stereocenters. The molecule has 0 radical (unpaired) electrons. The molecule has 1 aliphatic carbocycles. The first-order valence-corrected chi connectivity index (χ1v) is 18.3. The Morgan fingerprint density at radius 3 is 0.943 bits per heavy atom. The van der Waals surface area contributed by atoms with E-state index in [1.54, 1.807) is 0 Å². The minimum absolute atomic E-state index is 0.317. The van der Waals surface area contributed by atoms with Crippen LogP contribution in [0, 0.1) is 5.41 Å². The zero-order valence-corrected chi connectivity index (χ0v) is 29.5. The predicted molar refractivity (Wildman–Crippen MR) is 207 cm³/mol. The van der Waals surface area contributed by atoms with Gasteiger partial charge in [-0.25, -0.2) is 0 Å². The predicted octanol–water partition coefficient (Wildman–Crippen LogP) is 8.13. The standard InChI is InChI=1S/C47H44N2O4/c50-43(48-41(35-21-7-1-8-22-35)46(52,37-25-11-3-12-26-37)38-27-13-4-14-28-38)45(33-19-20-34-45)44(51)49-42(36-23-9-2-10-24-36)47(53,39-29-15-5-16-30-39)40-31-17-6-18-32-40/h1-18,21-32,41-42,52-53H,19-20,33-34H2,(H,48,50)(H,49,51)/t41-,42-/m1/s1. The van der Waals surface area contributed by atoms with Crippen molar-refractivity contribution in [1.29, 1.82) is 0 Å². The topological polar surface area (TPSA) is 98.7 Å². The second-order valence-electron chi connectivity index (χ2n) is 13.9. The molecule has 1 saturated carbocycles. The molecule has 1 aliphatic rings. The summed E-state index contributed by atoms with van der Waals surface area (Å²) in [5.41, 5.74) is -1.07. The van der Waals surface area contributed by atoms with Crippen molar-refractivity contribution in [3.8, 4) is 0 Å². The summed E-state index contributed by atoms with van der Waals surface area (Å²) in [6, 6.07) is 54.2. The number of carbonyl (C=O) groups is 2. The fourth-order valence-electron chi connectivity index (χ4n) is 7.99. The van der Waals surface area contributed by atoms with E-state index in [2.05, 4.69) is 10.6 Å². The SMILES string of the molecule is O=C(N[C@H](c1ccccc1)C(O)(c1ccccc1)c1ccccc1)C1(C(=O)N[C@H](c2ccccc2)C(O)(c2ccccc2)c2ccccc2)CCCC1. The van der Waals surface area contributed by atoms with Gasteiger partial charge in [0.1, 0.15) is 16.6 Å². The van der Waals surface area contributed by atoms with Crippen molar-refractivity contribution in [2.75, 3.05) is 0 Å². The third-order valence-corrected chi connectivity index (χ3v) is 10.8. The van der Waals surface area contributed by atoms with Crippen molar-refractivity contribution in [3.63, 3.8) is 0 Å². The number of hydrogen-bond acceptors (Lipinski definition) is 4. The summed E-state index contributed by atoms with van der Waals surface area (Å²) < 4.78 is 0. The maximum Gasteiger partial charge on any atom is 0.236 e. The van der Waals surface area contributed by atoms with Crippen molar-refractivity contribution in [1.82, 2.24) is 10.6 Å². The number of aliphatic hydroxyl groups is 2. The van der Waals surface area contributed by atoms with E-state index >= 15 is 9.59 Å². The lowest BCUT2D eigenvalue weighted by Crippen LogP contribution is -2.56. The second kappa shape index (κ2) is 15.4. The van der Waals surface area contributed by atoms with Crippen molar-refractivity contribution in [2.45, 2.75) is 49.0 Å². The molecule has 7 rings (SSSR count). The van der Waals surface area contributed by atoms with Crippen molar-refractivity contribution >= 4 is 11.8 Å². The van der Waals surface area contributed by atoms with E-state index in [0.717, 1.165) is 0 Å². The number of nitrogens with one attached hydrogen (secondary N) is 2. The molecule has 6 nitrogen and oxygen atoms in total. The van der Waals surface area contributed by atoms with Crippen LogP contribution in [-0.2, 0) is 20.8 Å². The van der Waals surface area contributed by atoms with Crippen LogP contribution in [0.25, 0.3) is 0 Å². The van der Waals surface area contributed by atoms with E-state index in [1.165, 1.54) is 0 Å². The molecule has 0 aliphatic heterocycles. The van der Waals surface area contributed by atoms with Crippen LogP contribution in [0.4, 0.5) is 0 Å². The lowest BCUT2D eigenvalue weighted by atomic mass is 9.75. The maximum atomic E-state index is 15.1. The Labute approximate surface area is 311 Å². The zero-order chi connectivity index (χ0) is 36.7. The molecular weight excluding hydrogens is 657 g/mol. The van der Waals surface area contributed by atoms with E-state index in [1.807, 2.05) is 182 Å². The van der Waals surface area contributed by atoms with Gasteiger partial charge in [0.2, 0.25) is 11.8 Å². The van der Waals surface area contributed by atoms with Gasteiger partial charge in [0.15, 0.2) is 0 Å². The monoisotopic (exact) mass is 700 g/mol. The number of amides is 2. The number of hydrogen-bond donors (Lipinski definition) is 4. The molecule has 0 aromatic heterocycles. The molecule has 0 saturated heterocycles. The van der Waals surface area contributed by atoms with Crippen LogP contribution in [0.2, 0.25) is 0 Å². The molecule has 2 amide bonds. The van der Waals surface area contributed by atoms with Crippen molar-refractivity contribution in [2.24, 2.45) is 5.41 Å². The Hall–Kier alpha value is -5.82. The van der Waals surface area contributed by atoms with Gasteiger partial charge in [0.05, 0.1) is 12.1 Å². The van der Waals surface area contributed by atoms with E-state index < -0.39 is 40.5 Å². The Bertz CT molecular complexity index is 1860. The maximum absolute atomic E-state index is 15.1. The van der Waals surface area contributed by atoms with Gasteiger partial charge in [-0.1, -0.05) is 195 Å². The Morgan fingerprint density at radius 2 is 0.679 bits per heavy atom. The molecular formula is C47H44N2O4. The van der Waals surface area contributed by atoms with E-state index in [4.69, 9.17) is 0 Å². The van der Waals surface area contributed by atoms with Gasteiger partial charge in [0.25, 0.3) is 0 Å². The highest BCUT2D eigenvalue weighted by molar-refractivity contribution is 6.05. The largest absolute Gasteiger partial charge is 0.378 e. The highest BCUT2D eigenvalue weighted by atomic mass is 16.3. The third kappa shape index (κ3) is 6.79. The number of benzene rings is 6. The molecule has 6 aromatic rings. The first-order chi connectivity index (χ1) is 25.9. The lowest BCUT2D eigenvalue weighted by molar-refractivity contribution is -0.146. The van der Waals surface area contributed by atoms with E-state index in [0.29, 0.717) is 59.1 Å². The molecule has 0 bridgehead atoms. The van der Waals surface area contributed by atoms with E-state index in [9.17, 15) is 10.2 Å². The summed E-state index contributed by atoms with van der Waals surface area (Å²) in [5.74, 6) is -0.942. The van der Waals surface area contributed by atoms with Gasteiger partial charge in [-0.3, -0.25) is 9.59 Å². The normalized spacial score (nSPS) is 15.2. The molecule has 6 heteroatoms. The van der Waals surface area contributed by atoms with Crippen LogP contribution >= 0.6 is 0 Å². The van der Waals surface area contributed by atoms with Crippen LogP contribution in [-0.4, -0.2) is 22.0 Å². The average molecular weight is 701 g/mol. The lowest BCUT2D eigenvalue weighted by Gasteiger charge is -2.41. The smallest absolute Gasteiger partial charge is 0.236 e. The fourth-order valence-corrected chi connectivity index (χ4v) is 7.99. The Morgan fingerprint density at radius 1 is 0.434 bits per heavy atom.